The van der Waals surface area contributed by atoms with Crippen LogP contribution in [0.15, 0.2) is 22.7 Å². The Balaban J connectivity index is 0.000000153. The molecular formula is C9H8BrCl3O2. The number of rotatable bonds is 0. The summed E-state index contributed by atoms with van der Waals surface area (Å²) in [6.07, 6.45) is -0.905. The minimum Gasteiger partial charge on any atom is -0.448 e. The SMILES string of the molecule is Brc1cccc2c1O2.CC(O)C(Cl)(Cl)Cl. The van der Waals surface area contributed by atoms with Crippen molar-refractivity contribution in [2.45, 2.75) is 16.8 Å². The molecule has 84 valence electrons. The van der Waals surface area contributed by atoms with Gasteiger partial charge in [-0.2, -0.15) is 0 Å². The molecule has 1 aromatic rings. The summed E-state index contributed by atoms with van der Waals surface area (Å²) in [4.78, 5) is 0. The van der Waals surface area contributed by atoms with Crippen LogP contribution in [0, 0.1) is 0 Å². The van der Waals surface area contributed by atoms with Gasteiger partial charge >= 0.3 is 0 Å². The van der Waals surface area contributed by atoms with Crippen molar-refractivity contribution in [1.82, 2.24) is 0 Å². The average Bonchev–Trinajstić information content (AvgIpc) is 2.83. The van der Waals surface area contributed by atoms with Gasteiger partial charge in [-0.05, 0) is 35.0 Å². The van der Waals surface area contributed by atoms with Gasteiger partial charge in [0.25, 0.3) is 0 Å². The van der Waals surface area contributed by atoms with E-state index in [4.69, 9.17) is 44.6 Å². The van der Waals surface area contributed by atoms with Crippen molar-refractivity contribution in [3.63, 3.8) is 0 Å². The third kappa shape index (κ3) is 4.37. The van der Waals surface area contributed by atoms with Gasteiger partial charge in [0, 0.05) is 0 Å². The van der Waals surface area contributed by atoms with E-state index in [1.807, 2.05) is 18.2 Å². The second kappa shape index (κ2) is 5.11. The zero-order valence-corrected chi connectivity index (χ0v) is 11.5. The Bertz CT molecular complexity index is 350. The molecule has 0 bridgehead atoms. The third-order valence-electron chi connectivity index (χ3n) is 1.57. The first kappa shape index (κ1) is 13.4. The van der Waals surface area contributed by atoms with Crippen LogP contribution in [-0.4, -0.2) is 15.0 Å². The maximum absolute atomic E-state index is 8.49. The highest BCUT2D eigenvalue weighted by atomic mass is 79.9. The lowest BCUT2D eigenvalue weighted by Gasteiger charge is -2.12. The number of fused-ring (bicyclic) bond motifs is 1. The molecule has 0 saturated heterocycles. The van der Waals surface area contributed by atoms with E-state index in [-0.39, 0.29) is 0 Å². The molecular weight excluding hydrogens is 326 g/mol. The van der Waals surface area contributed by atoms with Gasteiger partial charge in [-0.3, -0.25) is 0 Å². The van der Waals surface area contributed by atoms with Gasteiger partial charge in [0.05, 0.1) is 10.6 Å². The van der Waals surface area contributed by atoms with Gasteiger partial charge < -0.3 is 9.84 Å². The van der Waals surface area contributed by atoms with Crippen LogP contribution in [0.5, 0.6) is 11.5 Å². The summed E-state index contributed by atoms with van der Waals surface area (Å²) in [6.45, 7) is 1.41. The quantitative estimate of drug-likeness (QED) is 0.576. The zero-order valence-electron chi connectivity index (χ0n) is 7.68. The van der Waals surface area contributed by atoms with Crippen molar-refractivity contribution in [3.05, 3.63) is 22.7 Å². The van der Waals surface area contributed by atoms with Gasteiger partial charge in [0.2, 0.25) is 3.79 Å². The highest BCUT2D eigenvalue weighted by Crippen LogP contribution is 2.49. The highest BCUT2D eigenvalue weighted by Gasteiger charge is 2.25. The molecule has 1 unspecified atom stereocenters. The molecule has 1 aromatic carbocycles. The van der Waals surface area contributed by atoms with Crippen molar-refractivity contribution >= 4 is 50.7 Å². The first-order valence-electron chi connectivity index (χ1n) is 4.03. The molecule has 15 heavy (non-hydrogen) atoms. The highest BCUT2D eigenvalue weighted by molar-refractivity contribution is 9.10. The van der Waals surface area contributed by atoms with Crippen molar-refractivity contribution in [1.29, 1.82) is 0 Å². The molecule has 1 atom stereocenters. The van der Waals surface area contributed by atoms with Crippen LogP contribution >= 0.6 is 50.7 Å². The smallest absolute Gasteiger partial charge is 0.215 e. The Hall–Kier alpha value is 0.330. The molecule has 0 saturated carbocycles. The predicted molar refractivity (Wildman–Crippen MR) is 66.2 cm³/mol. The number of halogens is 4. The molecule has 1 aliphatic rings. The molecule has 0 amide bonds. The number of benzene rings is 1. The fraction of sp³-hybridized carbons (Fsp3) is 0.333. The Morgan fingerprint density at radius 3 is 2.27 bits per heavy atom. The van der Waals surface area contributed by atoms with Crippen LogP contribution in [0.2, 0.25) is 0 Å². The molecule has 0 radical (unpaired) electrons. The molecule has 0 aliphatic carbocycles. The predicted octanol–water partition coefficient (Wildman–Crippen LogP) is 4.29. The van der Waals surface area contributed by atoms with E-state index in [9.17, 15) is 0 Å². The van der Waals surface area contributed by atoms with Crippen LogP contribution in [-0.2, 0) is 0 Å². The molecule has 1 aliphatic heterocycles. The van der Waals surface area contributed by atoms with Gasteiger partial charge in [-0.25, -0.2) is 0 Å². The van der Waals surface area contributed by atoms with Crippen molar-refractivity contribution in [2.24, 2.45) is 0 Å². The van der Waals surface area contributed by atoms with E-state index in [0.717, 1.165) is 16.0 Å². The molecule has 0 fully saturated rings. The van der Waals surface area contributed by atoms with E-state index in [1.165, 1.54) is 6.92 Å². The van der Waals surface area contributed by atoms with Crippen LogP contribution in [0.1, 0.15) is 6.92 Å². The number of hydrogen-bond donors (Lipinski definition) is 1. The number of hydrogen-bond acceptors (Lipinski definition) is 2. The Labute approximate surface area is 111 Å². The summed E-state index contributed by atoms with van der Waals surface area (Å²) < 4.78 is 4.54. The lowest BCUT2D eigenvalue weighted by molar-refractivity contribution is 0.199. The molecule has 0 spiro atoms. The maximum atomic E-state index is 8.49. The summed E-state index contributed by atoms with van der Waals surface area (Å²) in [5, 5.41) is 8.49. The van der Waals surface area contributed by atoms with Crippen LogP contribution in [0.4, 0.5) is 0 Å². The lowest BCUT2D eigenvalue weighted by Crippen LogP contribution is -2.20. The molecule has 2 nitrogen and oxygen atoms in total. The monoisotopic (exact) mass is 332 g/mol. The van der Waals surface area contributed by atoms with Gasteiger partial charge in [-0.15, -0.1) is 0 Å². The topological polar surface area (TPSA) is 32.8 Å². The van der Waals surface area contributed by atoms with Crippen LogP contribution in [0.25, 0.3) is 0 Å². The summed E-state index contributed by atoms with van der Waals surface area (Å²) in [5.74, 6) is 1.99. The van der Waals surface area contributed by atoms with E-state index in [2.05, 4.69) is 15.9 Å². The van der Waals surface area contributed by atoms with E-state index in [1.54, 1.807) is 0 Å². The minimum absolute atomic E-state index is 0.905. The standard InChI is InChI=1S/C6H3BrO.C3H5Cl3O/c7-4-2-1-3-5-6(4)8-5;1-2(7)3(4,5)6/h1-3H;2,7H,1H3. The fourth-order valence-corrected chi connectivity index (χ4v) is 1.09. The summed E-state index contributed by atoms with van der Waals surface area (Å²) in [7, 11) is 0. The molecule has 2 rings (SSSR count). The Morgan fingerprint density at radius 2 is 1.93 bits per heavy atom. The van der Waals surface area contributed by atoms with Gasteiger partial charge in [0.1, 0.15) is 0 Å². The summed E-state index contributed by atoms with van der Waals surface area (Å²) >= 11 is 18.8. The molecule has 6 heteroatoms. The number of alkyl halides is 3. The van der Waals surface area contributed by atoms with Crippen molar-refractivity contribution < 1.29 is 9.84 Å². The summed E-state index contributed by atoms with van der Waals surface area (Å²) in [5.41, 5.74) is 0. The van der Waals surface area contributed by atoms with Crippen molar-refractivity contribution in [3.8, 4) is 11.5 Å². The maximum Gasteiger partial charge on any atom is 0.215 e. The lowest BCUT2D eigenvalue weighted by atomic mass is 10.4. The number of aliphatic hydroxyl groups excluding tert-OH is 1. The zero-order chi connectivity index (χ0) is 11.6. The second-order valence-corrected chi connectivity index (χ2v) is 6.11. The van der Waals surface area contributed by atoms with E-state index >= 15 is 0 Å². The van der Waals surface area contributed by atoms with Crippen LogP contribution < -0.4 is 4.74 Å². The fourth-order valence-electron chi connectivity index (χ4n) is 0.656. The first-order chi connectivity index (χ1) is 6.82. The van der Waals surface area contributed by atoms with E-state index in [0.29, 0.717) is 0 Å². The van der Waals surface area contributed by atoms with E-state index < -0.39 is 9.90 Å². The normalized spacial score (nSPS) is 14.3. The Morgan fingerprint density at radius 1 is 1.40 bits per heavy atom. The first-order valence-corrected chi connectivity index (χ1v) is 5.96. The average molecular weight is 334 g/mol. The molecule has 1 N–H and O–H groups in total. The number of para-hydroxylation sites is 1. The molecule has 1 heterocycles. The summed E-state index contributed by atoms with van der Waals surface area (Å²) in [6, 6.07) is 5.86. The number of aliphatic hydroxyl groups is 1. The van der Waals surface area contributed by atoms with Crippen LogP contribution in [0.3, 0.4) is 0 Å². The molecule has 0 aromatic heterocycles. The number of ether oxygens (including phenoxy) is 1. The Kier molecular flexibility index (Phi) is 4.56. The third-order valence-corrected chi connectivity index (χ3v) is 3.15. The second-order valence-electron chi connectivity index (χ2n) is 2.89. The van der Waals surface area contributed by atoms with Gasteiger partial charge in [0.15, 0.2) is 11.5 Å². The minimum atomic E-state index is -1.53. The van der Waals surface area contributed by atoms with Gasteiger partial charge in [-0.1, -0.05) is 40.9 Å². The largest absolute Gasteiger partial charge is 0.448 e. The van der Waals surface area contributed by atoms with Crippen molar-refractivity contribution in [2.75, 3.05) is 0 Å².